The van der Waals surface area contributed by atoms with Crippen molar-refractivity contribution < 1.29 is 14.3 Å². The number of para-hydroxylation sites is 1. The number of nitrogens with one attached hydrogen (secondary N) is 1. The fourth-order valence-electron chi connectivity index (χ4n) is 3.49. The molecule has 2 heterocycles. The van der Waals surface area contributed by atoms with Crippen LogP contribution in [-0.4, -0.2) is 62.1 Å². The summed E-state index contributed by atoms with van der Waals surface area (Å²) < 4.78 is 5.33. The summed E-state index contributed by atoms with van der Waals surface area (Å²) in [6, 6.07) is 7.39. The summed E-state index contributed by atoms with van der Waals surface area (Å²) in [4.78, 5) is 29.1. The first-order valence-corrected chi connectivity index (χ1v) is 9.14. The first-order valence-electron chi connectivity index (χ1n) is 9.14. The third-order valence-corrected chi connectivity index (χ3v) is 4.95. The van der Waals surface area contributed by atoms with Crippen molar-refractivity contribution in [3.63, 3.8) is 0 Å². The van der Waals surface area contributed by atoms with Gasteiger partial charge in [0.1, 0.15) is 6.04 Å². The van der Waals surface area contributed by atoms with Crippen molar-refractivity contribution in [3.05, 3.63) is 29.8 Å². The Balaban J connectivity index is 1.61. The number of carbonyl (C=O) groups excluding carboxylic acids is 2. The summed E-state index contributed by atoms with van der Waals surface area (Å²) in [5, 5.41) is 2.98. The monoisotopic (exact) mass is 345 g/mol. The molecule has 0 bridgehead atoms. The Kier molecular flexibility index (Phi) is 6.04. The molecule has 0 saturated carbocycles. The molecule has 2 aliphatic rings. The van der Waals surface area contributed by atoms with E-state index in [2.05, 4.69) is 10.2 Å². The second-order valence-electron chi connectivity index (χ2n) is 6.67. The molecule has 1 N–H and O–H groups in total. The number of hydrogen-bond donors (Lipinski definition) is 1. The number of hydrogen-bond acceptors (Lipinski definition) is 4. The maximum atomic E-state index is 12.6. The molecular weight excluding hydrogens is 318 g/mol. The molecule has 0 aromatic heterocycles. The van der Waals surface area contributed by atoms with Crippen molar-refractivity contribution in [1.82, 2.24) is 10.2 Å². The van der Waals surface area contributed by atoms with E-state index in [9.17, 15) is 9.59 Å². The number of anilines is 1. The number of morpholine rings is 1. The topological polar surface area (TPSA) is 61.9 Å². The van der Waals surface area contributed by atoms with Gasteiger partial charge in [-0.25, -0.2) is 0 Å². The van der Waals surface area contributed by atoms with Crippen LogP contribution in [0.25, 0.3) is 0 Å². The number of aryl methyl sites for hydroxylation is 1. The summed E-state index contributed by atoms with van der Waals surface area (Å²) in [5.41, 5.74) is 2.02. The Morgan fingerprint density at radius 3 is 2.80 bits per heavy atom. The molecule has 0 spiro atoms. The molecule has 1 fully saturated rings. The number of carbonyl (C=O) groups is 2. The SMILES string of the molecule is C[C@@H](C(=O)NCCN1CCOCC1)N1C(=O)CCCc2ccccc21. The highest BCUT2D eigenvalue weighted by Crippen LogP contribution is 2.28. The van der Waals surface area contributed by atoms with Crippen LogP contribution in [0.3, 0.4) is 0 Å². The first kappa shape index (κ1) is 17.9. The van der Waals surface area contributed by atoms with Crippen molar-refractivity contribution in [2.75, 3.05) is 44.3 Å². The van der Waals surface area contributed by atoms with E-state index in [4.69, 9.17) is 4.74 Å². The number of benzene rings is 1. The van der Waals surface area contributed by atoms with E-state index in [1.165, 1.54) is 0 Å². The van der Waals surface area contributed by atoms with E-state index in [0.717, 1.165) is 56.9 Å². The van der Waals surface area contributed by atoms with Crippen LogP contribution in [0, 0.1) is 0 Å². The number of fused-ring (bicyclic) bond motifs is 1. The van der Waals surface area contributed by atoms with Crippen molar-refractivity contribution >= 4 is 17.5 Å². The van der Waals surface area contributed by atoms with Gasteiger partial charge < -0.3 is 10.1 Å². The van der Waals surface area contributed by atoms with E-state index in [1.807, 2.05) is 31.2 Å². The lowest BCUT2D eigenvalue weighted by Gasteiger charge is -2.30. The van der Waals surface area contributed by atoms with Crippen LogP contribution in [0.15, 0.2) is 24.3 Å². The van der Waals surface area contributed by atoms with Gasteiger partial charge >= 0.3 is 0 Å². The van der Waals surface area contributed by atoms with E-state index in [1.54, 1.807) is 4.90 Å². The minimum atomic E-state index is -0.503. The fourth-order valence-corrected chi connectivity index (χ4v) is 3.49. The number of ether oxygens (including phenoxy) is 1. The van der Waals surface area contributed by atoms with Crippen molar-refractivity contribution in [2.24, 2.45) is 0 Å². The summed E-state index contributed by atoms with van der Waals surface area (Å²) in [6.45, 7) is 6.53. The number of rotatable bonds is 5. The van der Waals surface area contributed by atoms with E-state index < -0.39 is 6.04 Å². The second kappa shape index (κ2) is 8.45. The van der Waals surface area contributed by atoms with Crippen LogP contribution >= 0.6 is 0 Å². The van der Waals surface area contributed by atoms with Crippen LogP contribution in [0.2, 0.25) is 0 Å². The molecule has 3 rings (SSSR count). The second-order valence-corrected chi connectivity index (χ2v) is 6.67. The molecule has 6 heteroatoms. The summed E-state index contributed by atoms with van der Waals surface area (Å²) in [7, 11) is 0. The van der Waals surface area contributed by atoms with Gasteiger partial charge in [-0.3, -0.25) is 19.4 Å². The molecule has 1 atom stereocenters. The Morgan fingerprint density at radius 2 is 2.00 bits per heavy atom. The molecule has 1 saturated heterocycles. The molecule has 25 heavy (non-hydrogen) atoms. The Morgan fingerprint density at radius 1 is 1.24 bits per heavy atom. The number of nitrogens with zero attached hydrogens (tertiary/aromatic N) is 2. The minimum Gasteiger partial charge on any atom is -0.379 e. The normalized spacial score (nSPS) is 19.9. The molecule has 136 valence electrons. The van der Waals surface area contributed by atoms with Crippen LogP contribution in [-0.2, 0) is 20.7 Å². The zero-order chi connectivity index (χ0) is 17.6. The van der Waals surface area contributed by atoms with Crippen molar-refractivity contribution in [3.8, 4) is 0 Å². The van der Waals surface area contributed by atoms with Crippen LogP contribution in [0.5, 0.6) is 0 Å². The minimum absolute atomic E-state index is 0.0285. The van der Waals surface area contributed by atoms with Gasteiger partial charge in [0.25, 0.3) is 0 Å². The lowest BCUT2D eigenvalue weighted by atomic mass is 10.1. The van der Waals surface area contributed by atoms with Crippen LogP contribution in [0.1, 0.15) is 25.3 Å². The highest BCUT2D eigenvalue weighted by molar-refractivity contribution is 6.01. The lowest BCUT2D eigenvalue weighted by molar-refractivity contribution is -0.126. The van der Waals surface area contributed by atoms with Gasteiger partial charge in [-0.2, -0.15) is 0 Å². The smallest absolute Gasteiger partial charge is 0.242 e. The van der Waals surface area contributed by atoms with Gasteiger partial charge in [-0.05, 0) is 31.4 Å². The molecule has 0 unspecified atom stereocenters. The molecule has 6 nitrogen and oxygen atoms in total. The van der Waals surface area contributed by atoms with Gasteiger partial charge in [0.05, 0.1) is 13.2 Å². The number of amides is 2. The standard InChI is InChI=1S/C19H27N3O3/c1-15(19(24)20-9-10-21-11-13-25-14-12-21)22-17-7-3-2-5-16(17)6-4-8-18(22)23/h2-3,5,7,15H,4,6,8-14H2,1H3,(H,20,24)/t15-/m0/s1. The first-order chi connectivity index (χ1) is 12.2. The zero-order valence-corrected chi connectivity index (χ0v) is 14.9. The van der Waals surface area contributed by atoms with E-state index >= 15 is 0 Å². The third-order valence-electron chi connectivity index (χ3n) is 4.95. The molecular formula is C19H27N3O3. The van der Waals surface area contributed by atoms with Gasteiger partial charge in [0.2, 0.25) is 11.8 Å². The highest BCUT2D eigenvalue weighted by Gasteiger charge is 2.30. The maximum absolute atomic E-state index is 12.6. The molecule has 1 aromatic rings. The lowest BCUT2D eigenvalue weighted by Crippen LogP contribution is -2.50. The molecule has 2 aliphatic heterocycles. The fraction of sp³-hybridized carbons (Fsp3) is 0.579. The van der Waals surface area contributed by atoms with Crippen LogP contribution < -0.4 is 10.2 Å². The quantitative estimate of drug-likeness (QED) is 0.871. The predicted molar refractivity (Wildman–Crippen MR) is 96.6 cm³/mol. The Hall–Kier alpha value is -1.92. The maximum Gasteiger partial charge on any atom is 0.242 e. The molecule has 0 radical (unpaired) electrons. The van der Waals surface area contributed by atoms with Crippen molar-refractivity contribution in [2.45, 2.75) is 32.2 Å². The van der Waals surface area contributed by atoms with Gasteiger partial charge in [-0.1, -0.05) is 18.2 Å². The largest absolute Gasteiger partial charge is 0.379 e. The average Bonchev–Trinajstić information content (AvgIpc) is 2.80. The summed E-state index contributed by atoms with van der Waals surface area (Å²) in [5.74, 6) is -0.0703. The van der Waals surface area contributed by atoms with E-state index in [-0.39, 0.29) is 11.8 Å². The molecule has 1 aromatic carbocycles. The predicted octanol–water partition coefficient (Wildman–Crippen LogP) is 1.19. The summed E-state index contributed by atoms with van der Waals surface area (Å²) >= 11 is 0. The summed E-state index contributed by atoms with van der Waals surface area (Å²) in [6.07, 6.45) is 2.20. The highest BCUT2D eigenvalue weighted by atomic mass is 16.5. The third kappa shape index (κ3) is 4.38. The van der Waals surface area contributed by atoms with Crippen LogP contribution in [0.4, 0.5) is 5.69 Å². The Labute approximate surface area is 149 Å². The van der Waals surface area contributed by atoms with Gasteiger partial charge in [0.15, 0.2) is 0 Å². The van der Waals surface area contributed by atoms with Gasteiger partial charge in [-0.15, -0.1) is 0 Å². The Bertz CT molecular complexity index is 614. The molecule has 2 amide bonds. The van der Waals surface area contributed by atoms with Gasteiger partial charge in [0, 0.05) is 38.3 Å². The molecule has 0 aliphatic carbocycles. The zero-order valence-electron chi connectivity index (χ0n) is 14.9. The average molecular weight is 345 g/mol. The van der Waals surface area contributed by atoms with Crippen molar-refractivity contribution in [1.29, 1.82) is 0 Å². The van der Waals surface area contributed by atoms with E-state index in [0.29, 0.717) is 13.0 Å².